The van der Waals surface area contributed by atoms with Gasteiger partial charge < -0.3 is 10.2 Å². The number of hydrogen-bond acceptors (Lipinski definition) is 6. The zero-order chi connectivity index (χ0) is 16.9. The van der Waals surface area contributed by atoms with Crippen molar-refractivity contribution in [2.75, 3.05) is 13.1 Å². The van der Waals surface area contributed by atoms with Gasteiger partial charge in [-0.1, -0.05) is 24.3 Å². The Morgan fingerprint density at radius 1 is 0.783 bits per heavy atom. The van der Waals surface area contributed by atoms with Crippen LogP contribution in [0.15, 0.2) is 58.5 Å². The molecule has 0 saturated heterocycles. The maximum atomic E-state index is 9.54. The molecule has 0 amide bonds. The van der Waals surface area contributed by atoms with Crippen LogP contribution in [0.2, 0.25) is 0 Å². The average molecular weight is 484 g/mol. The van der Waals surface area contributed by atoms with Crippen LogP contribution in [0.1, 0.15) is 11.1 Å². The first-order valence-corrected chi connectivity index (χ1v) is 9.06. The van der Waals surface area contributed by atoms with Crippen LogP contribution in [0, 0.1) is 0 Å². The number of benzene rings is 2. The van der Waals surface area contributed by atoms with Crippen molar-refractivity contribution < 1.29 is 35.5 Å². The molecule has 0 atom stereocenters. The third-order valence-corrected chi connectivity index (χ3v) is 2.69. The van der Waals surface area contributed by atoms with E-state index < -0.39 is 18.5 Å². The summed E-state index contributed by atoms with van der Waals surface area (Å²) in [5, 5.41) is 19.1. The Kier molecular flexibility index (Phi) is 9.17. The summed E-state index contributed by atoms with van der Waals surface area (Å²) in [6, 6.07) is 14.1. The summed E-state index contributed by atoms with van der Waals surface area (Å²) in [6.07, 6.45) is 3.26. The molecule has 23 heavy (non-hydrogen) atoms. The molecule has 120 valence electrons. The number of phenols is 2. The summed E-state index contributed by atoms with van der Waals surface area (Å²) in [5.74, 6) is 0.433. The molecule has 0 aromatic heterocycles. The molecule has 0 saturated carbocycles. The molecule has 0 unspecified atom stereocenters. The van der Waals surface area contributed by atoms with Gasteiger partial charge in [0, 0.05) is 23.6 Å². The molecule has 0 spiro atoms. The van der Waals surface area contributed by atoms with Crippen LogP contribution in [-0.4, -0.2) is 35.7 Å². The van der Waals surface area contributed by atoms with Crippen LogP contribution < -0.4 is 0 Å². The van der Waals surface area contributed by atoms with E-state index in [1.165, 1.54) is 0 Å². The van der Waals surface area contributed by atoms with Crippen molar-refractivity contribution in [2.45, 2.75) is 0 Å². The zero-order valence-electron chi connectivity index (χ0n) is 12.2. The van der Waals surface area contributed by atoms with Crippen LogP contribution in [0.25, 0.3) is 0 Å². The molecule has 0 heterocycles. The van der Waals surface area contributed by atoms with E-state index in [-0.39, 0.29) is 11.5 Å². The van der Waals surface area contributed by atoms with Crippen molar-refractivity contribution >= 4 is 12.4 Å². The first kappa shape index (κ1) is 18.7. The first-order valence-electron chi connectivity index (χ1n) is 6.66. The van der Waals surface area contributed by atoms with Crippen LogP contribution in [-0.2, 0) is 25.3 Å². The Labute approximate surface area is 142 Å². The monoisotopic (exact) mass is 484 g/mol. The van der Waals surface area contributed by atoms with Crippen LogP contribution in [0.4, 0.5) is 0 Å². The average Bonchev–Trinajstić information content (AvgIpc) is 2.55. The van der Waals surface area contributed by atoms with Crippen molar-refractivity contribution in [3.63, 3.8) is 0 Å². The van der Waals surface area contributed by atoms with Crippen molar-refractivity contribution in [1.82, 2.24) is 0 Å². The van der Waals surface area contributed by atoms with Gasteiger partial charge in [0.1, 0.15) is 11.5 Å². The Morgan fingerprint density at radius 2 is 1.13 bits per heavy atom. The van der Waals surface area contributed by atoms with E-state index >= 15 is 0 Å². The number of para-hydroxylation sites is 2. The Hall–Kier alpha value is -2.33. The van der Waals surface area contributed by atoms with E-state index in [2.05, 4.69) is 9.98 Å². The van der Waals surface area contributed by atoms with Gasteiger partial charge in [-0.25, -0.2) is 0 Å². The van der Waals surface area contributed by atoms with Crippen molar-refractivity contribution in [3.8, 4) is 11.5 Å². The third-order valence-electron chi connectivity index (χ3n) is 2.69. The molecular weight excluding hydrogens is 468 g/mol. The maximum absolute atomic E-state index is 9.54. The summed E-state index contributed by atoms with van der Waals surface area (Å²) in [7, 11) is 0. The molecule has 0 bridgehead atoms. The first-order chi connectivity index (χ1) is 11.2. The second kappa shape index (κ2) is 11.3. The standard InChI is InChI=1S/C16H16N2O2.2O.W/c19-15-7-3-1-5-13(15)11-17-9-10-18-12-14-6-2-4-8-16(14)20;;;/h1-8,11-12,19-20H,9-10H2;;;. The quantitative estimate of drug-likeness (QED) is 0.503. The fourth-order valence-electron chi connectivity index (χ4n) is 1.63. The van der Waals surface area contributed by atoms with Gasteiger partial charge in [0.15, 0.2) is 0 Å². The van der Waals surface area contributed by atoms with E-state index in [1.807, 2.05) is 12.1 Å². The van der Waals surface area contributed by atoms with Gasteiger partial charge in [0.25, 0.3) is 0 Å². The summed E-state index contributed by atoms with van der Waals surface area (Å²) in [6.45, 7) is 1.05. The molecular formula is C16H16N2O4W. The van der Waals surface area contributed by atoms with Crippen molar-refractivity contribution in [2.24, 2.45) is 9.98 Å². The Morgan fingerprint density at radius 3 is 1.48 bits per heavy atom. The predicted molar refractivity (Wildman–Crippen MR) is 82.5 cm³/mol. The fraction of sp³-hybridized carbons (Fsp3) is 0.125. The van der Waals surface area contributed by atoms with Crippen molar-refractivity contribution in [1.29, 1.82) is 0 Å². The number of rotatable bonds is 5. The molecule has 6 nitrogen and oxygen atoms in total. The molecule has 0 radical (unpaired) electrons. The molecule has 0 aliphatic rings. The number of phenolic OH excluding ortho intramolecular Hbond substituents is 2. The van der Waals surface area contributed by atoms with Crippen LogP contribution in [0.3, 0.4) is 0 Å². The Bertz CT molecular complexity index is 655. The second-order valence-electron chi connectivity index (χ2n) is 4.26. The fourth-order valence-corrected chi connectivity index (χ4v) is 1.63. The van der Waals surface area contributed by atoms with E-state index in [0.29, 0.717) is 24.2 Å². The van der Waals surface area contributed by atoms with Crippen LogP contribution in [0.5, 0.6) is 11.5 Å². The summed E-state index contributed by atoms with van der Waals surface area (Å²) in [4.78, 5) is 8.39. The SMILES string of the molecule is Oc1ccccc1C=NCCN=Cc1ccccc1O.[O]=[W]=[O]. The molecule has 0 aliphatic carbocycles. The molecule has 7 heteroatoms. The third kappa shape index (κ3) is 7.47. The summed E-state index contributed by atoms with van der Waals surface area (Å²) in [5.41, 5.74) is 1.38. The summed E-state index contributed by atoms with van der Waals surface area (Å²) < 4.78 is 17.1. The van der Waals surface area contributed by atoms with Gasteiger partial charge in [-0.05, 0) is 24.3 Å². The molecule has 2 N–H and O–H groups in total. The van der Waals surface area contributed by atoms with Gasteiger partial charge in [-0.15, -0.1) is 0 Å². The normalized spacial score (nSPS) is 10.4. The molecule has 2 aromatic carbocycles. The second-order valence-corrected chi connectivity index (χ2v) is 4.75. The molecule has 2 aromatic rings. The van der Waals surface area contributed by atoms with E-state index in [9.17, 15) is 10.2 Å². The summed E-state index contributed by atoms with van der Waals surface area (Å²) >= 11 is -2.25. The van der Waals surface area contributed by atoms with Crippen LogP contribution >= 0.6 is 0 Å². The predicted octanol–water partition coefficient (Wildman–Crippen LogP) is 2.40. The molecule has 0 fully saturated rings. The van der Waals surface area contributed by atoms with Gasteiger partial charge >= 0.3 is 25.3 Å². The van der Waals surface area contributed by atoms with E-state index in [4.69, 9.17) is 6.80 Å². The van der Waals surface area contributed by atoms with Crippen molar-refractivity contribution in [3.05, 3.63) is 59.7 Å². The zero-order valence-corrected chi connectivity index (χ0v) is 15.1. The molecule has 2 rings (SSSR count). The van der Waals surface area contributed by atoms with E-state index in [1.54, 1.807) is 48.8 Å². The topological polar surface area (TPSA) is 99.3 Å². The Balaban J connectivity index is 0.000000816. The number of hydrogen-bond donors (Lipinski definition) is 2. The minimum atomic E-state index is -2.25. The van der Waals surface area contributed by atoms with E-state index in [0.717, 1.165) is 0 Å². The van der Waals surface area contributed by atoms with Gasteiger partial charge in [-0.3, -0.25) is 9.98 Å². The molecule has 0 aliphatic heterocycles. The van der Waals surface area contributed by atoms with Gasteiger partial charge in [0.05, 0.1) is 13.1 Å². The van der Waals surface area contributed by atoms with Gasteiger partial charge in [0.2, 0.25) is 0 Å². The van der Waals surface area contributed by atoms with Gasteiger partial charge in [-0.2, -0.15) is 0 Å². The number of aliphatic imine (C=N–C) groups is 2. The minimum absolute atomic E-state index is 0.217. The number of aromatic hydroxyl groups is 2. The number of nitrogens with zero attached hydrogens (tertiary/aromatic N) is 2.